The van der Waals surface area contributed by atoms with E-state index in [0.29, 0.717) is 53.8 Å². The molecule has 1 aliphatic rings. The van der Waals surface area contributed by atoms with Crippen LogP contribution in [0.1, 0.15) is 20.7 Å². The minimum absolute atomic E-state index is 0.0439. The first-order chi connectivity index (χ1) is 16.0. The Bertz CT molecular complexity index is 1160. The minimum atomic E-state index is -0.287. The summed E-state index contributed by atoms with van der Waals surface area (Å²) in [4.78, 5) is 29.4. The number of halogens is 2. The Hall–Kier alpha value is -3.03. The maximum absolute atomic E-state index is 12.8. The number of ether oxygens (including phenoxy) is 1. The summed E-state index contributed by atoms with van der Waals surface area (Å²) in [5.41, 5.74) is 2.59. The molecule has 0 aliphatic carbocycles. The number of nitrogens with zero attached hydrogens (tertiary/aromatic N) is 2. The molecule has 1 N–H and O–H groups in total. The number of amides is 2. The molecule has 2 amide bonds. The quantitative estimate of drug-likeness (QED) is 0.487. The van der Waals surface area contributed by atoms with Crippen molar-refractivity contribution in [3.63, 3.8) is 0 Å². The van der Waals surface area contributed by atoms with Crippen molar-refractivity contribution in [3.8, 4) is 5.75 Å². The standard InChI is InChI=1S/C25H23BrClN3O3/c1-33-23-10-7-18(26)15-20(23)24(31)28-19-8-9-22(21(27)16-19)29-11-13-30(14-12-29)25(32)17-5-3-2-4-6-17/h2-10,15-16H,11-14H2,1H3,(H,28,31). The van der Waals surface area contributed by atoms with Crippen LogP contribution in [0, 0.1) is 0 Å². The summed E-state index contributed by atoms with van der Waals surface area (Å²) in [5.74, 6) is 0.244. The van der Waals surface area contributed by atoms with Crippen LogP contribution in [0.25, 0.3) is 0 Å². The molecule has 3 aromatic carbocycles. The van der Waals surface area contributed by atoms with Crippen LogP contribution in [-0.4, -0.2) is 50.0 Å². The lowest BCUT2D eigenvalue weighted by atomic mass is 10.1. The van der Waals surface area contributed by atoms with Gasteiger partial charge in [0, 0.05) is 41.9 Å². The van der Waals surface area contributed by atoms with E-state index in [1.165, 1.54) is 7.11 Å². The van der Waals surface area contributed by atoms with Gasteiger partial charge in [0.2, 0.25) is 0 Å². The zero-order valence-electron chi connectivity index (χ0n) is 18.1. The van der Waals surface area contributed by atoms with Crippen molar-refractivity contribution >= 4 is 50.7 Å². The number of anilines is 2. The molecule has 1 heterocycles. The average molecular weight is 529 g/mol. The zero-order valence-corrected chi connectivity index (χ0v) is 20.4. The van der Waals surface area contributed by atoms with Crippen molar-refractivity contribution in [1.82, 2.24) is 4.90 Å². The Labute approximate surface area is 206 Å². The Balaban J connectivity index is 1.41. The van der Waals surface area contributed by atoms with Gasteiger partial charge in [-0.05, 0) is 48.5 Å². The number of carbonyl (C=O) groups excluding carboxylic acids is 2. The molecule has 33 heavy (non-hydrogen) atoms. The second-order valence-corrected chi connectivity index (χ2v) is 8.93. The highest BCUT2D eigenvalue weighted by atomic mass is 79.9. The normalized spacial score (nSPS) is 13.5. The lowest BCUT2D eigenvalue weighted by molar-refractivity contribution is 0.0746. The number of nitrogens with one attached hydrogen (secondary N) is 1. The molecular formula is C25H23BrClN3O3. The first-order valence-electron chi connectivity index (χ1n) is 10.5. The van der Waals surface area contributed by atoms with Crippen molar-refractivity contribution in [3.05, 3.63) is 87.4 Å². The Kier molecular flexibility index (Phi) is 7.20. The van der Waals surface area contributed by atoms with Crippen LogP contribution >= 0.6 is 27.5 Å². The van der Waals surface area contributed by atoms with Crippen LogP contribution in [0.2, 0.25) is 5.02 Å². The zero-order chi connectivity index (χ0) is 23.4. The van der Waals surface area contributed by atoms with Crippen LogP contribution in [0.5, 0.6) is 5.75 Å². The van der Waals surface area contributed by atoms with Crippen LogP contribution in [-0.2, 0) is 0 Å². The van der Waals surface area contributed by atoms with Gasteiger partial charge in [0.1, 0.15) is 5.75 Å². The van der Waals surface area contributed by atoms with Gasteiger partial charge in [-0.1, -0.05) is 45.7 Å². The summed E-state index contributed by atoms with van der Waals surface area (Å²) in [7, 11) is 1.53. The molecule has 0 saturated carbocycles. The molecule has 1 saturated heterocycles. The molecule has 0 aromatic heterocycles. The number of methoxy groups -OCH3 is 1. The van der Waals surface area contributed by atoms with E-state index in [1.807, 2.05) is 53.4 Å². The van der Waals surface area contributed by atoms with Crippen molar-refractivity contribution in [2.45, 2.75) is 0 Å². The molecule has 4 rings (SSSR count). The molecule has 1 fully saturated rings. The van der Waals surface area contributed by atoms with Crippen molar-refractivity contribution < 1.29 is 14.3 Å². The highest BCUT2D eigenvalue weighted by molar-refractivity contribution is 9.10. The third-order valence-electron chi connectivity index (χ3n) is 5.54. The summed E-state index contributed by atoms with van der Waals surface area (Å²) in [6.07, 6.45) is 0. The number of hydrogen-bond donors (Lipinski definition) is 1. The number of carbonyl (C=O) groups is 2. The van der Waals surface area contributed by atoms with Gasteiger partial charge in [-0.15, -0.1) is 0 Å². The molecule has 0 radical (unpaired) electrons. The van der Waals surface area contributed by atoms with Crippen LogP contribution < -0.4 is 15.0 Å². The largest absolute Gasteiger partial charge is 0.496 e. The second kappa shape index (κ2) is 10.3. The van der Waals surface area contributed by atoms with Crippen molar-refractivity contribution in [2.75, 3.05) is 43.5 Å². The van der Waals surface area contributed by atoms with Crippen molar-refractivity contribution in [2.24, 2.45) is 0 Å². The fourth-order valence-corrected chi connectivity index (χ4v) is 4.47. The SMILES string of the molecule is COc1ccc(Br)cc1C(=O)Nc1ccc(N2CCN(C(=O)c3ccccc3)CC2)c(Cl)c1. The van der Waals surface area contributed by atoms with E-state index in [0.717, 1.165) is 10.2 Å². The maximum atomic E-state index is 12.8. The summed E-state index contributed by atoms with van der Waals surface area (Å²) < 4.78 is 6.08. The van der Waals surface area contributed by atoms with Crippen LogP contribution in [0.4, 0.5) is 11.4 Å². The number of hydrogen-bond acceptors (Lipinski definition) is 4. The molecule has 3 aromatic rings. The predicted octanol–water partition coefficient (Wildman–Crippen LogP) is 5.33. The highest BCUT2D eigenvalue weighted by Gasteiger charge is 2.23. The lowest BCUT2D eigenvalue weighted by Gasteiger charge is -2.36. The fourth-order valence-electron chi connectivity index (χ4n) is 3.81. The first kappa shape index (κ1) is 23.1. The Morgan fingerprint density at radius 2 is 1.70 bits per heavy atom. The van der Waals surface area contributed by atoms with Crippen LogP contribution in [0.3, 0.4) is 0 Å². The molecule has 0 unspecified atom stereocenters. The number of rotatable bonds is 5. The van der Waals surface area contributed by atoms with Gasteiger partial charge in [-0.3, -0.25) is 9.59 Å². The van der Waals surface area contributed by atoms with Gasteiger partial charge in [-0.2, -0.15) is 0 Å². The smallest absolute Gasteiger partial charge is 0.259 e. The second-order valence-electron chi connectivity index (χ2n) is 7.61. The lowest BCUT2D eigenvalue weighted by Crippen LogP contribution is -2.48. The summed E-state index contributed by atoms with van der Waals surface area (Å²) in [6, 6.07) is 20.0. The van der Waals surface area contributed by atoms with Crippen molar-refractivity contribution in [1.29, 1.82) is 0 Å². The van der Waals surface area contributed by atoms with Crippen LogP contribution in [0.15, 0.2) is 71.2 Å². The van der Waals surface area contributed by atoms with E-state index in [4.69, 9.17) is 16.3 Å². The molecule has 0 spiro atoms. The van der Waals surface area contributed by atoms with Gasteiger partial charge >= 0.3 is 0 Å². The molecule has 8 heteroatoms. The van der Waals surface area contributed by atoms with E-state index >= 15 is 0 Å². The van der Waals surface area contributed by atoms with Gasteiger partial charge in [0.15, 0.2) is 0 Å². The Morgan fingerprint density at radius 1 is 0.970 bits per heavy atom. The highest BCUT2D eigenvalue weighted by Crippen LogP contribution is 2.31. The van der Waals surface area contributed by atoms with E-state index in [-0.39, 0.29) is 11.8 Å². The molecule has 0 atom stereocenters. The summed E-state index contributed by atoms with van der Waals surface area (Å²) in [6.45, 7) is 2.59. The number of piperazine rings is 1. The van der Waals surface area contributed by atoms with Gasteiger partial charge in [0.05, 0.1) is 23.4 Å². The van der Waals surface area contributed by atoms with E-state index < -0.39 is 0 Å². The minimum Gasteiger partial charge on any atom is -0.496 e. The first-order valence-corrected chi connectivity index (χ1v) is 11.7. The van der Waals surface area contributed by atoms with E-state index in [2.05, 4.69) is 26.1 Å². The monoisotopic (exact) mass is 527 g/mol. The van der Waals surface area contributed by atoms with E-state index in [9.17, 15) is 9.59 Å². The van der Waals surface area contributed by atoms with Gasteiger partial charge in [0.25, 0.3) is 11.8 Å². The third kappa shape index (κ3) is 5.31. The average Bonchev–Trinajstić information content (AvgIpc) is 2.84. The predicted molar refractivity (Wildman–Crippen MR) is 135 cm³/mol. The summed E-state index contributed by atoms with van der Waals surface area (Å²) in [5, 5.41) is 3.41. The summed E-state index contributed by atoms with van der Waals surface area (Å²) >= 11 is 9.95. The molecule has 1 aliphatic heterocycles. The Morgan fingerprint density at radius 3 is 2.36 bits per heavy atom. The number of benzene rings is 3. The third-order valence-corrected chi connectivity index (χ3v) is 6.34. The molecule has 0 bridgehead atoms. The van der Waals surface area contributed by atoms with Gasteiger partial charge in [-0.25, -0.2) is 0 Å². The molecule has 170 valence electrons. The maximum Gasteiger partial charge on any atom is 0.259 e. The fraction of sp³-hybridized carbons (Fsp3) is 0.200. The topological polar surface area (TPSA) is 61.9 Å². The van der Waals surface area contributed by atoms with E-state index in [1.54, 1.807) is 18.2 Å². The molecule has 6 nitrogen and oxygen atoms in total. The van der Waals surface area contributed by atoms with Gasteiger partial charge < -0.3 is 19.9 Å². The molecular weight excluding hydrogens is 506 g/mol.